The van der Waals surface area contributed by atoms with Crippen LogP contribution in [0.3, 0.4) is 0 Å². The molecule has 1 fully saturated rings. The van der Waals surface area contributed by atoms with Crippen LogP contribution in [0.2, 0.25) is 0 Å². The number of aromatic nitrogens is 2. The molecule has 0 radical (unpaired) electrons. The van der Waals surface area contributed by atoms with Gasteiger partial charge in [-0.2, -0.15) is 0 Å². The van der Waals surface area contributed by atoms with Gasteiger partial charge in [-0.15, -0.1) is 0 Å². The Morgan fingerprint density at radius 1 is 1.17 bits per heavy atom. The van der Waals surface area contributed by atoms with Crippen molar-refractivity contribution >= 4 is 5.69 Å². The first kappa shape index (κ1) is 15.7. The molecule has 1 aromatic carbocycles. The van der Waals surface area contributed by atoms with Crippen LogP contribution in [-0.4, -0.2) is 27.3 Å². The number of aliphatic hydroxyl groups is 1. The molecular formula is C18H23N3O2. The fourth-order valence-corrected chi connectivity index (χ4v) is 2.88. The molecule has 1 aliphatic carbocycles. The van der Waals surface area contributed by atoms with Crippen molar-refractivity contribution < 1.29 is 9.84 Å². The molecule has 0 spiro atoms. The second kappa shape index (κ2) is 7.42. The minimum Gasteiger partial charge on any atom is -0.488 e. The summed E-state index contributed by atoms with van der Waals surface area (Å²) in [5.41, 5.74) is 1.90. The smallest absolute Gasteiger partial charge is 0.124 e. The van der Waals surface area contributed by atoms with E-state index in [1.807, 2.05) is 31.2 Å². The Labute approximate surface area is 136 Å². The van der Waals surface area contributed by atoms with E-state index in [9.17, 15) is 5.11 Å². The molecule has 122 valence electrons. The Morgan fingerprint density at radius 3 is 2.65 bits per heavy atom. The number of rotatable bonds is 5. The van der Waals surface area contributed by atoms with Gasteiger partial charge in [-0.05, 0) is 50.5 Å². The topological polar surface area (TPSA) is 67.3 Å². The van der Waals surface area contributed by atoms with E-state index in [-0.39, 0.29) is 18.2 Å². The van der Waals surface area contributed by atoms with E-state index in [1.54, 1.807) is 18.6 Å². The molecule has 23 heavy (non-hydrogen) atoms. The minimum atomic E-state index is -0.349. The molecule has 1 heterocycles. The average molecular weight is 313 g/mol. The van der Waals surface area contributed by atoms with E-state index in [0.717, 1.165) is 42.8 Å². The van der Waals surface area contributed by atoms with E-state index >= 15 is 0 Å². The van der Waals surface area contributed by atoms with Crippen molar-refractivity contribution in [3.8, 4) is 5.75 Å². The van der Waals surface area contributed by atoms with Crippen molar-refractivity contribution in [2.75, 3.05) is 5.32 Å². The molecule has 0 aliphatic heterocycles. The standard InChI is InChI=1S/C18H23N3O2/c1-13(16-12-19-10-11-20-16)21-14-6-8-15(9-7-14)23-18-5-3-2-4-17(18)22/h6-13,17-18,21-22H,2-5H2,1H3. The van der Waals surface area contributed by atoms with Crippen molar-refractivity contribution in [2.45, 2.75) is 50.9 Å². The lowest BCUT2D eigenvalue weighted by atomic mass is 9.95. The fourth-order valence-electron chi connectivity index (χ4n) is 2.88. The zero-order valence-electron chi connectivity index (χ0n) is 13.4. The molecule has 2 N–H and O–H groups in total. The molecular weight excluding hydrogens is 290 g/mol. The largest absolute Gasteiger partial charge is 0.488 e. The van der Waals surface area contributed by atoms with Gasteiger partial charge in [0.05, 0.1) is 24.0 Å². The van der Waals surface area contributed by atoms with E-state index in [2.05, 4.69) is 15.3 Å². The molecule has 3 atom stereocenters. The summed E-state index contributed by atoms with van der Waals surface area (Å²) in [6, 6.07) is 7.92. The maximum atomic E-state index is 9.98. The van der Waals surface area contributed by atoms with Crippen LogP contribution in [0.25, 0.3) is 0 Å². The van der Waals surface area contributed by atoms with E-state index in [1.165, 1.54) is 0 Å². The first-order valence-corrected chi connectivity index (χ1v) is 8.19. The Hall–Kier alpha value is -2.14. The van der Waals surface area contributed by atoms with Crippen molar-refractivity contribution in [1.82, 2.24) is 9.97 Å². The highest BCUT2D eigenvalue weighted by molar-refractivity contribution is 5.47. The highest BCUT2D eigenvalue weighted by Gasteiger charge is 2.24. The van der Waals surface area contributed by atoms with Gasteiger partial charge in [0.15, 0.2) is 0 Å². The number of ether oxygens (including phenoxy) is 1. The van der Waals surface area contributed by atoms with Crippen LogP contribution >= 0.6 is 0 Å². The molecule has 3 unspecified atom stereocenters. The number of nitrogens with zero attached hydrogens (tertiary/aromatic N) is 2. The SMILES string of the molecule is CC(Nc1ccc(OC2CCCCC2O)cc1)c1cnccn1. The Kier molecular flexibility index (Phi) is 5.08. The van der Waals surface area contributed by atoms with Crippen LogP contribution in [0.5, 0.6) is 5.75 Å². The zero-order valence-corrected chi connectivity index (χ0v) is 13.4. The van der Waals surface area contributed by atoms with Crippen LogP contribution in [0.1, 0.15) is 44.3 Å². The van der Waals surface area contributed by atoms with E-state index in [4.69, 9.17) is 4.74 Å². The van der Waals surface area contributed by atoms with Crippen LogP contribution < -0.4 is 10.1 Å². The maximum Gasteiger partial charge on any atom is 0.124 e. The van der Waals surface area contributed by atoms with Crippen LogP contribution in [0.15, 0.2) is 42.9 Å². The van der Waals surface area contributed by atoms with Crippen molar-refractivity contribution in [2.24, 2.45) is 0 Å². The van der Waals surface area contributed by atoms with Gasteiger partial charge < -0.3 is 15.2 Å². The molecule has 2 aromatic rings. The van der Waals surface area contributed by atoms with Gasteiger partial charge in [0.1, 0.15) is 11.9 Å². The Balaban J connectivity index is 1.58. The summed E-state index contributed by atoms with van der Waals surface area (Å²) >= 11 is 0. The summed E-state index contributed by atoms with van der Waals surface area (Å²) < 4.78 is 5.91. The molecule has 3 rings (SSSR count). The van der Waals surface area contributed by atoms with E-state index in [0.29, 0.717) is 0 Å². The molecule has 1 aromatic heterocycles. The highest BCUT2D eigenvalue weighted by Crippen LogP contribution is 2.25. The third-order valence-corrected chi connectivity index (χ3v) is 4.22. The number of benzene rings is 1. The summed E-state index contributed by atoms with van der Waals surface area (Å²) in [5.74, 6) is 0.800. The second-order valence-electron chi connectivity index (χ2n) is 6.03. The van der Waals surface area contributed by atoms with Gasteiger partial charge in [-0.1, -0.05) is 6.42 Å². The molecule has 1 aliphatic rings. The van der Waals surface area contributed by atoms with Crippen LogP contribution in [0, 0.1) is 0 Å². The summed E-state index contributed by atoms with van der Waals surface area (Å²) in [6.45, 7) is 2.05. The lowest BCUT2D eigenvalue weighted by Crippen LogP contribution is -2.34. The fraction of sp³-hybridized carbons (Fsp3) is 0.444. The normalized spacial score (nSPS) is 22.3. The molecule has 1 saturated carbocycles. The minimum absolute atomic E-state index is 0.0793. The van der Waals surface area contributed by atoms with Gasteiger partial charge in [-0.25, -0.2) is 0 Å². The lowest BCUT2D eigenvalue weighted by Gasteiger charge is -2.28. The quantitative estimate of drug-likeness (QED) is 0.886. The summed E-state index contributed by atoms with van der Waals surface area (Å²) in [6.07, 6.45) is 8.66. The summed E-state index contributed by atoms with van der Waals surface area (Å²) in [4.78, 5) is 8.39. The first-order valence-electron chi connectivity index (χ1n) is 8.19. The lowest BCUT2D eigenvalue weighted by molar-refractivity contribution is 0.00688. The van der Waals surface area contributed by atoms with Crippen molar-refractivity contribution in [3.05, 3.63) is 48.5 Å². The third kappa shape index (κ3) is 4.20. The maximum absolute atomic E-state index is 9.98. The number of hydrogen-bond donors (Lipinski definition) is 2. The van der Waals surface area contributed by atoms with Crippen LogP contribution in [-0.2, 0) is 0 Å². The summed E-state index contributed by atoms with van der Waals surface area (Å²) in [7, 11) is 0. The predicted octanol–water partition coefficient (Wildman–Crippen LogP) is 3.33. The predicted molar refractivity (Wildman–Crippen MR) is 89.4 cm³/mol. The molecule has 5 heteroatoms. The second-order valence-corrected chi connectivity index (χ2v) is 6.03. The monoisotopic (exact) mass is 313 g/mol. The zero-order chi connectivity index (χ0) is 16.1. The Bertz CT molecular complexity index is 603. The number of hydrogen-bond acceptors (Lipinski definition) is 5. The van der Waals surface area contributed by atoms with Gasteiger partial charge in [0.2, 0.25) is 0 Å². The first-order chi connectivity index (χ1) is 11.2. The number of nitrogens with one attached hydrogen (secondary N) is 1. The molecule has 0 saturated heterocycles. The van der Waals surface area contributed by atoms with Crippen molar-refractivity contribution in [3.63, 3.8) is 0 Å². The van der Waals surface area contributed by atoms with Crippen LogP contribution in [0.4, 0.5) is 5.69 Å². The highest BCUT2D eigenvalue weighted by atomic mass is 16.5. The van der Waals surface area contributed by atoms with Gasteiger partial charge in [0.25, 0.3) is 0 Å². The molecule has 0 bridgehead atoms. The summed E-state index contributed by atoms with van der Waals surface area (Å²) in [5, 5.41) is 13.4. The van der Waals surface area contributed by atoms with Gasteiger partial charge in [0, 0.05) is 18.1 Å². The average Bonchev–Trinajstić information content (AvgIpc) is 2.59. The third-order valence-electron chi connectivity index (χ3n) is 4.22. The molecule has 5 nitrogen and oxygen atoms in total. The Morgan fingerprint density at radius 2 is 1.96 bits per heavy atom. The van der Waals surface area contributed by atoms with Crippen molar-refractivity contribution in [1.29, 1.82) is 0 Å². The number of anilines is 1. The van der Waals surface area contributed by atoms with Gasteiger partial charge in [-0.3, -0.25) is 9.97 Å². The van der Waals surface area contributed by atoms with Gasteiger partial charge >= 0.3 is 0 Å². The number of aliphatic hydroxyl groups excluding tert-OH is 1. The van der Waals surface area contributed by atoms with E-state index < -0.39 is 0 Å². The molecule has 0 amide bonds.